The summed E-state index contributed by atoms with van der Waals surface area (Å²) in [4.78, 5) is 34.4. The number of fused-ring (bicyclic) bond motifs is 14. The number of aromatic nitrogens is 10. The van der Waals surface area contributed by atoms with Crippen LogP contribution in [0.4, 0.5) is 0 Å². The molecule has 0 bridgehead atoms. The van der Waals surface area contributed by atoms with Gasteiger partial charge in [0.25, 0.3) is 0 Å². The first kappa shape index (κ1) is 70.3. The van der Waals surface area contributed by atoms with Crippen molar-refractivity contribution in [2.24, 2.45) is 0 Å². The highest BCUT2D eigenvalue weighted by molar-refractivity contribution is 6.16. The molecule has 0 aliphatic heterocycles. The summed E-state index contributed by atoms with van der Waals surface area (Å²) in [5.41, 5.74) is 27.1. The Bertz CT molecular complexity index is 7890. The van der Waals surface area contributed by atoms with Crippen molar-refractivity contribution in [2.75, 3.05) is 0 Å². The maximum Gasteiger partial charge on any atom is 0.164 e. The molecule has 7 aromatic heterocycles. The van der Waals surface area contributed by atoms with E-state index in [1.807, 2.05) is 134 Å². The van der Waals surface area contributed by atoms with Crippen LogP contribution >= 0.6 is 0 Å². The molecule has 0 N–H and O–H groups in total. The third-order valence-corrected chi connectivity index (χ3v) is 22.7. The van der Waals surface area contributed by atoms with E-state index in [-0.39, 0.29) is 0 Å². The summed E-state index contributed by atoms with van der Waals surface area (Å²) < 4.78 is 13.6. The van der Waals surface area contributed by atoms with Gasteiger partial charge in [0, 0.05) is 98.9 Å². The number of para-hydroxylation sites is 9. The third kappa shape index (κ3) is 12.7. The molecular formula is C109H70N10O. The summed E-state index contributed by atoms with van der Waals surface area (Å²) in [5.74, 6) is 2.59. The zero-order valence-corrected chi connectivity index (χ0v) is 64.8. The van der Waals surface area contributed by atoms with Crippen molar-refractivity contribution in [1.82, 2.24) is 48.6 Å². The second kappa shape index (κ2) is 30.1. The van der Waals surface area contributed by atoms with Gasteiger partial charge in [-0.2, -0.15) is 0 Å². The Kier molecular flexibility index (Phi) is 17.6. The monoisotopic (exact) mass is 1530 g/mol. The van der Waals surface area contributed by atoms with Crippen LogP contribution in [0.1, 0.15) is 0 Å². The van der Waals surface area contributed by atoms with E-state index in [0.717, 1.165) is 117 Å². The molecule has 0 saturated heterocycles. The molecule has 120 heavy (non-hydrogen) atoms. The Morgan fingerprint density at radius 1 is 0.208 bits per heavy atom. The number of rotatable bonds is 11. The van der Waals surface area contributed by atoms with Crippen LogP contribution in [-0.2, 0) is 0 Å². The Morgan fingerprint density at radius 2 is 0.633 bits per heavy atom. The van der Waals surface area contributed by atoms with E-state index in [0.29, 0.717) is 23.3 Å². The lowest BCUT2D eigenvalue weighted by Crippen LogP contribution is -2.00. The molecule has 24 rings (SSSR count). The largest absolute Gasteiger partial charge is 0.455 e. The number of hydrogen-bond acceptors (Lipinski definition) is 8. The van der Waals surface area contributed by atoms with Crippen LogP contribution in [-0.4, -0.2) is 48.6 Å². The normalized spacial score (nSPS) is 11.5. The second-order valence-electron chi connectivity index (χ2n) is 29.9. The van der Waals surface area contributed by atoms with Crippen molar-refractivity contribution >= 4 is 109 Å². The molecule has 11 heteroatoms. The summed E-state index contributed by atoms with van der Waals surface area (Å²) >= 11 is 0. The Labute approximate surface area is 690 Å². The van der Waals surface area contributed by atoms with Gasteiger partial charge in [-0.05, 0) is 126 Å². The molecule has 0 spiro atoms. The summed E-state index contributed by atoms with van der Waals surface area (Å²) in [6.07, 6.45) is 1.85. The lowest BCUT2D eigenvalue weighted by atomic mass is 10.0. The lowest BCUT2D eigenvalue weighted by Gasteiger charge is -2.13. The molecule has 0 amide bonds. The fourth-order valence-corrected chi connectivity index (χ4v) is 17.1. The van der Waals surface area contributed by atoms with Gasteiger partial charge in [0.05, 0.1) is 72.8 Å². The van der Waals surface area contributed by atoms with Crippen LogP contribution < -0.4 is 0 Å². The molecular weight excluding hydrogens is 1470 g/mol. The quantitative estimate of drug-likeness (QED) is 0.126. The van der Waals surface area contributed by atoms with Crippen molar-refractivity contribution in [3.8, 4) is 107 Å². The van der Waals surface area contributed by atoms with Gasteiger partial charge in [0.15, 0.2) is 23.3 Å². The maximum atomic E-state index is 6.55. The average Bonchev–Trinajstić information content (AvgIpc) is 1.57. The minimum absolute atomic E-state index is 0.638. The summed E-state index contributed by atoms with van der Waals surface area (Å²) in [5, 5.41) is 10.6. The molecule has 24 aromatic rings. The molecule has 0 aliphatic carbocycles. The predicted molar refractivity (Wildman–Crippen MR) is 493 cm³/mol. The zero-order valence-electron chi connectivity index (χ0n) is 64.8. The topological polar surface area (TPSA) is 118 Å². The van der Waals surface area contributed by atoms with E-state index in [9.17, 15) is 0 Å². The van der Waals surface area contributed by atoms with Crippen LogP contribution in [0.3, 0.4) is 0 Å². The molecule has 0 saturated carbocycles. The number of nitrogens with zero attached hydrogens (tertiary/aromatic N) is 10. The van der Waals surface area contributed by atoms with E-state index in [2.05, 4.69) is 310 Å². The number of hydrogen-bond donors (Lipinski definition) is 0. The van der Waals surface area contributed by atoms with Gasteiger partial charge in [-0.15, -0.1) is 0 Å². The standard InChI is InChI=1S/C39H26N4.C38H23N3O.C32H21N3/c1-4-13-27(14-5-1)32-20-12-21-34-33-19-10-11-22-35(33)43(36(32)34)31-25-23-30(24-26-31)39-41-37(28-15-6-2-7-16-28)40-38(42-39)29-17-8-3-9-18-29;1-2-12-24(13-3-1)36-29-17-4-8-18-32(29)39-38(40-36)31-23-25(22-30-28-16-7-11-21-35(28)42-37(30)31)41-33-19-9-5-14-26(33)27-15-6-10-20-34(27)41;1-2-8-22(9-3-1)24-16-19-32-27(20-24)26-10-4-7-13-31(26)35(32)25-17-14-23(15-18-25)30-21-33-28-11-5-6-12-29(28)34-30/h1-26H;1-23H;1-21H. The van der Waals surface area contributed by atoms with E-state index in [4.69, 9.17) is 34.3 Å². The van der Waals surface area contributed by atoms with Crippen LogP contribution in [0.25, 0.3) is 217 Å². The third-order valence-electron chi connectivity index (χ3n) is 22.7. The Hall–Kier alpha value is -16.4. The zero-order chi connectivity index (χ0) is 79.4. The van der Waals surface area contributed by atoms with Gasteiger partial charge in [0.2, 0.25) is 0 Å². The average molecular weight is 1540 g/mol. The molecule has 0 unspecified atom stereocenters. The van der Waals surface area contributed by atoms with Crippen LogP contribution in [0.2, 0.25) is 0 Å². The van der Waals surface area contributed by atoms with Crippen LogP contribution in [0, 0.1) is 0 Å². The second-order valence-corrected chi connectivity index (χ2v) is 29.9. The number of furan rings is 1. The van der Waals surface area contributed by atoms with Gasteiger partial charge in [0.1, 0.15) is 11.2 Å². The van der Waals surface area contributed by atoms with Crippen molar-refractivity contribution < 1.29 is 4.42 Å². The van der Waals surface area contributed by atoms with Gasteiger partial charge in [-0.1, -0.05) is 309 Å². The smallest absolute Gasteiger partial charge is 0.164 e. The molecule has 0 fully saturated rings. The van der Waals surface area contributed by atoms with E-state index in [1.54, 1.807) is 0 Å². The SMILES string of the molecule is c1ccc(-c2ccc3c(c2)c2ccccc2n3-c2ccc(-c3cnc4ccccc4n3)cc2)cc1.c1ccc(-c2nc(-c3cc(-n4c5ccccc5c5ccccc54)cc4c3oc3ccccc34)nc3ccccc23)cc1.c1ccc(-c2nc(-c3ccccc3)nc(-c3ccc(-n4c5ccccc5c5cccc(-c6ccccc6)c54)cc3)n2)cc1. The predicted octanol–water partition coefficient (Wildman–Crippen LogP) is 27.7. The molecule has 0 aliphatic rings. The first-order valence-electron chi connectivity index (χ1n) is 40.2. The first-order chi connectivity index (χ1) is 59.5. The van der Waals surface area contributed by atoms with Gasteiger partial charge >= 0.3 is 0 Å². The Balaban J connectivity index is 0.000000109. The maximum absolute atomic E-state index is 6.55. The van der Waals surface area contributed by atoms with Crippen molar-refractivity contribution in [2.45, 2.75) is 0 Å². The summed E-state index contributed by atoms with van der Waals surface area (Å²) in [6.45, 7) is 0. The van der Waals surface area contributed by atoms with Crippen molar-refractivity contribution in [3.63, 3.8) is 0 Å². The first-order valence-corrected chi connectivity index (χ1v) is 40.2. The van der Waals surface area contributed by atoms with Crippen molar-refractivity contribution in [1.29, 1.82) is 0 Å². The van der Waals surface area contributed by atoms with E-state index in [1.165, 1.54) is 76.6 Å². The van der Waals surface area contributed by atoms with Crippen LogP contribution in [0.5, 0.6) is 0 Å². The van der Waals surface area contributed by atoms with E-state index < -0.39 is 0 Å². The van der Waals surface area contributed by atoms with Gasteiger partial charge in [-0.25, -0.2) is 29.9 Å². The Morgan fingerprint density at radius 3 is 1.23 bits per heavy atom. The van der Waals surface area contributed by atoms with Gasteiger partial charge in [-0.3, -0.25) is 4.98 Å². The molecule has 0 atom stereocenters. The van der Waals surface area contributed by atoms with Gasteiger partial charge < -0.3 is 18.1 Å². The highest BCUT2D eigenvalue weighted by Crippen LogP contribution is 2.44. The summed E-state index contributed by atoms with van der Waals surface area (Å²) in [6, 6.07) is 145. The molecule has 562 valence electrons. The molecule has 0 radical (unpaired) electrons. The molecule has 11 nitrogen and oxygen atoms in total. The van der Waals surface area contributed by atoms with E-state index >= 15 is 0 Å². The fraction of sp³-hybridized carbons (Fsp3) is 0. The molecule has 17 aromatic carbocycles. The lowest BCUT2D eigenvalue weighted by molar-refractivity contribution is 0.669. The van der Waals surface area contributed by atoms with Crippen molar-refractivity contribution in [3.05, 3.63) is 425 Å². The minimum Gasteiger partial charge on any atom is -0.455 e. The molecule has 7 heterocycles. The highest BCUT2D eigenvalue weighted by Gasteiger charge is 2.24. The summed E-state index contributed by atoms with van der Waals surface area (Å²) in [7, 11) is 0. The highest BCUT2D eigenvalue weighted by atomic mass is 16.3. The van der Waals surface area contributed by atoms with Crippen LogP contribution in [0.15, 0.2) is 429 Å². The fourth-order valence-electron chi connectivity index (χ4n) is 17.1. The minimum atomic E-state index is 0.638. The number of benzene rings is 17.